The number of aryl methyl sites for hydroxylation is 1. The lowest BCUT2D eigenvalue weighted by atomic mass is 9.93. The SMILES string of the molecule is COc1ccc(/C(O)=C2\C(=O)C(=O)N(CCCN(C)C)C2c2cc(OC)ccc2OC)c(C)c1. The number of ether oxygens (including phenoxy) is 3. The van der Waals surface area contributed by atoms with Crippen LogP contribution in [0.2, 0.25) is 0 Å². The molecular formula is C26H32N2O6. The second-order valence-electron chi connectivity index (χ2n) is 8.44. The van der Waals surface area contributed by atoms with E-state index >= 15 is 0 Å². The highest BCUT2D eigenvalue weighted by atomic mass is 16.5. The number of rotatable bonds is 9. The maximum absolute atomic E-state index is 13.3. The standard InChI is InChI=1S/C26H32N2O6/c1-16-14-17(32-4)8-10-19(16)24(29)22-23(20-15-18(33-5)9-11-21(20)34-6)28(26(31)25(22)30)13-7-12-27(2)3/h8-11,14-15,23,29H,7,12-13H2,1-6H3/b24-22+. The maximum atomic E-state index is 13.3. The number of hydrogen-bond acceptors (Lipinski definition) is 7. The topological polar surface area (TPSA) is 88.5 Å². The zero-order valence-electron chi connectivity index (χ0n) is 20.5. The number of carbonyl (C=O) groups is 2. The predicted molar refractivity (Wildman–Crippen MR) is 129 cm³/mol. The van der Waals surface area contributed by atoms with Gasteiger partial charge in [-0.1, -0.05) is 0 Å². The molecule has 0 spiro atoms. The van der Waals surface area contributed by atoms with Crippen LogP contribution in [0, 0.1) is 6.92 Å². The molecular weight excluding hydrogens is 436 g/mol. The molecule has 0 aliphatic carbocycles. The van der Waals surface area contributed by atoms with E-state index in [0.29, 0.717) is 46.9 Å². The Morgan fingerprint density at radius 1 is 1.00 bits per heavy atom. The van der Waals surface area contributed by atoms with Crippen molar-refractivity contribution >= 4 is 17.4 Å². The van der Waals surface area contributed by atoms with Gasteiger partial charge in [-0.05, 0) is 75.9 Å². The molecule has 1 aliphatic rings. The highest BCUT2D eigenvalue weighted by molar-refractivity contribution is 6.46. The van der Waals surface area contributed by atoms with E-state index in [9.17, 15) is 14.7 Å². The van der Waals surface area contributed by atoms with Gasteiger partial charge in [0, 0.05) is 17.7 Å². The van der Waals surface area contributed by atoms with E-state index in [2.05, 4.69) is 0 Å². The van der Waals surface area contributed by atoms with Crippen LogP contribution in [0.3, 0.4) is 0 Å². The van der Waals surface area contributed by atoms with Crippen molar-refractivity contribution in [1.29, 1.82) is 0 Å². The summed E-state index contributed by atoms with van der Waals surface area (Å²) in [5, 5.41) is 11.4. The third-order valence-electron chi connectivity index (χ3n) is 5.96. The molecule has 1 amide bonds. The molecule has 182 valence electrons. The van der Waals surface area contributed by atoms with Gasteiger partial charge < -0.3 is 29.1 Å². The highest BCUT2D eigenvalue weighted by Gasteiger charge is 2.47. The molecule has 0 aromatic heterocycles. The van der Waals surface area contributed by atoms with Gasteiger partial charge in [-0.3, -0.25) is 9.59 Å². The number of carbonyl (C=O) groups excluding carboxylic acids is 2. The lowest BCUT2D eigenvalue weighted by molar-refractivity contribution is -0.140. The summed E-state index contributed by atoms with van der Waals surface area (Å²) in [5.74, 6) is 0.0550. The second kappa shape index (κ2) is 10.6. The molecule has 1 heterocycles. The van der Waals surface area contributed by atoms with Gasteiger partial charge >= 0.3 is 0 Å². The quantitative estimate of drug-likeness (QED) is 0.343. The van der Waals surface area contributed by atoms with Crippen LogP contribution in [0.25, 0.3) is 5.76 Å². The van der Waals surface area contributed by atoms with E-state index in [4.69, 9.17) is 14.2 Å². The first-order valence-corrected chi connectivity index (χ1v) is 11.0. The van der Waals surface area contributed by atoms with Crippen LogP contribution in [0.1, 0.15) is 29.2 Å². The van der Waals surface area contributed by atoms with Gasteiger partial charge in [-0.2, -0.15) is 0 Å². The summed E-state index contributed by atoms with van der Waals surface area (Å²) < 4.78 is 16.2. The van der Waals surface area contributed by atoms with Crippen molar-refractivity contribution in [2.45, 2.75) is 19.4 Å². The molecule has 1 N–H and O–H groups in total. The van der Waals surface area contributed by atoms with Gasteiger partial charge in [-0.15, -0.1) is 0 Å². The van der Waals surface area contributed by atoms with Gasteiger partial charge in [-0.25, -0.2) is 0 Å². The molecule has 2 aromatic carbocycles. The largest absolute Gasteiger partial charge is 0.507 e. The summed E-state index contributed by atoms with van der Waals surface area (Å²) in [7, 11) is 8.52. The van der Waals surface area contributed by atoms with E-state index in [0.717, 1.165) is 6.54 Å². The summed E-state index contributed by atoms with van der Waals surface area (Å²) in [5.41, 5.74) is 1.76. The van der Waals surface area contributed by atoms with Gasteiger partial charge in [0.05, 0.1) is 32.9 Å². The third kappa shape index (κ3) is 4.87. The molecule has 1 saturated heterocycles. The Morgan fingerprint density at radius 2 is 1.65 bits per heavy atom. The molecule has 1 aliphatic heterocycles. The first kappa shape index (κ1) is 25.1. The molecule has 0 saturated carbocycles. The Labute approximate surface area is 200 Å². The van der Waals surface area contributed by atoms with Gasteiger partial charge in [0.25, 0.3) is 11.7 Å². The van der Waals surface area contributed by atoms with Crippen molar-refractivity contribution in [3.63, 3.8) is 0 Å². The van der Waals surface area contributed by atoms with Gasteiger partial charge in [0.15, 0.2) is 0 Å². The monoisotopic (exact) mass is 468 g/mol. The molecule has 2 aromatic rings. The molecule has 3 rings (SSSR count). The van der Waals surface area contributed by atoms with Crippen LogP contribution < -0.4 is 14.2 Å². The molecule has 1 unspecified atom stereocenters. The maximum Gasteiger partial charge on any atom is 0.295 e. The number of Topliss-reactive ketones (excluding diaryl/α,β-unsaturated/α-hetero) is 1. The van der Waals surface area contributed by atoms with Crippen LogP contribution in [0.5, 0.6) is 17.2 Å². The molecule has 8 nitrogen and oxygen atoms in total. The van der Waals surface area contributed by atoms with Gasteiger partial charge in [0.1, 0.15) is 23.0 Å². The number of hydrogen-bond donors (Lipinski definition) is 1. The minimum atomic E-state index is -0.825. The fourth-order valence-corrected chi connectivity index (χ4v) is 4.22. The van der Waals surface area contributed by atoms with E-state index in [1.807, 2.05) is 25.9 Å². The van der Waals surface area contributed by atoms with Crippen LogP contribution in [0.15, 0.2) is 42.0 Å². The second-order valence-corrected chi connectivity index (χ2v) is 8.44. The molecule has 0 bridgehead atoms. The Hall–Kier alpha value is -3.52. The first-order chi connectivity index (χ1) is 16.2. The molecule has 0 radical (unpaired) electrons. The number of aliphatic hydroxyl groups excluding tert-OH is 1. The lowest BCUT2D eigenvalue weighted by Crippen LogP contribution is -2.32. The minimum absolute atomic E-state index is 0.0228. The lowest BCUT2D eigenvalue weighted by Gasteiger charge is -2.27. The number of methoxy groups -OCH3 is 3. The van der Waals surface area contributed by atoms with Crippen molar-refractivity contribution in [3.05, 3.63) is 58.7 Å². The molecule has 34 heavy (non-hydrogen) atoms. The Bertz CT molecular complexity index is 1110. The summed E-state index contributed by atoms with van der Waals surface area (Å²) in [6.07, 6.45) is 0.657. The first-order valence-electron chi connectivity index (χ1n) is 11.0. The third-order valence-corrected chi connectivity index (χ3v) is 5.96. The van der Waals surface area contributed by atoms with E-state index in [1.165, 1.54) is 12.0 Å². The average molecular weight is 469 g/mol. The van der Waals surface area contributed by atoms with Crippen molar-refractivity contribution in [2.75, 3.05) is 48.5 Å². The Kier molecular flexibility index (Phi) is 7.83. The van der Waals surface area contributed by atoms with Crippen molar-refractivity contribution in [3.8, 4) is 17.2 Å². The van der Waals surface area contributed by atoms with E-state index in [1.54, 1.807) is 50.6 Å². The van der Waals surface area contributed by atoms with Crippen LogP contribution in [0.4, 0.5) is 0 Å². The van der Waals surface area contributed by atoms with Crippen molar-refractivity contribution in [2.24, 2.45) is 0 Å². The average Bonchev–Trinajstić information content (AvgIpc) is 3.07. The van der Waals surface area contributed by atoms with Crippen molar-refractivity contribution < 1.29 is 28.9 Å². The summed E-state index contributed by atoms with van der Waals surface area (Å²) in [4.78, 5) is 30.0. The van der Waals surface area contributed by atoms with Crippen LogP contribution in [-0.2, 0) is 9.59 Å². The smallest absolute Gasteiger partial charge is 0.295 e. The summed E-state index contributed by atoms with van der Waals surface area (Å²) in [6.45, 7) is 2.89. The number of ketones is 1. The number of amides is 1. The number of likely N-dealkylation sites (tertiary alicyclic amines) is 1. The van der Waals surface area contributed by atoms with Crippen LogP contribution in [-0.4, -0.2) is 75.1 Å². The summed E-state index contributed by atoms with van der Waals surface area (Å²) >= 11 is 0. The Balaban J connectivity index is 2.22. The fraction of sp³-hybridized carbons (Fsp3) is 0.385. The van der Waals surface area contributed by atoms with Crippen molar-refractivity contribution in [1.82, 2.24) is 9.80 Å². The number of benzene rings is 2. The fourth-order valence-electron chi connectivity index (χ4n) is 4.22. The number of aliphatic hydroxyl groups is 1. The summed E-state index contributed by atoms with van der Waals surface area (Å²) in [6, 6.07) is 9.54. The normalized spacial score (nSPS) is 17.4. The number of nitrogens with zero attached hydrogens (tertiary/aromatic N) is 2. The minimum Gasteiger partial charge on any atom is -0.507 e. The molecule has 1 fully saturated rings. The predicted octanol–water partition coefficient (Wildman–Crippen LogP) is 3.39. The Morgan fingerprint density at radius 3 is 2.24 bits per heavy atom. The zero-order chi connectivity index (χ0) is 25.0. The molecule has 1 atom stereocenters. The highest BCUT2D eigenvalue weighted by Crippen LogP contribution is 2.44. The zero-order valence-corrected chi connectivity index (χ0v) is 20.5. The molecule has 8 heteroatoms. The van der Waals surface area contributed by atoms with E-state index in [-0.39, 0.29) is 11.3 Å². The van der Waals surface area contributed by atoms with Gasteiger partial charge in [0.2, 0.25) is 0 Å². The van der Waals surface area contributed by atoms with Crippen LogP contribution >= 0.6 is 0 Å². The van der Waals surface area contributed by atoms with E-state index < -0.39 is 17.7 Å².